The van der Waals surface area contributed by atoms with E-state index in [1.807, 2.05) is 13.8 Å². The van der Waals surface area contributed by atoms with Crippen LogP contribution in [-0.2, 0) is 28.7 Å². The van der Waals surface area contributed by atoms with Gasteiger partial charge in [0, 0.05) is 23.9 Å². The highest BCUT2D eigenvalue weighted by Gasteiger charge is 2.44. The fourth-order valence-corrected chi connectivity index (χ4v) is 10.1. The maximum Gasteiger partial charge on any atom is 0.407 e. The number of aliphatic imine (C=N–C) groups is 4. The van der Waals surface area contributed by atoms with Crippen molar-refractivity contribution in [1.29, 1.82) is 0 Å². The van der Waals surface area contributed by atoms with Crippen LogP contribution in [0.1, 0.15) is 148 Å². The van der Waals surface area contributed by atoms with Crippen molar-refractivity contribution in [3.8, 4) is 0 Å². The quantitative estimate of drug-likeness (QED) is 0.0931. The molecule has 0 aliphatic heterocycles. The maximum atomic E-state index is 12.4. The van der Waals surface area contributed by atoms with Gasteiger partial charge in [-0.2, -0.15) is 0 Å². The van der Waals surface area contributed by atoms with Gasteiger partial charge in [-0.3, -0.25) is 0 Å². The molecule has 2 amide bonds. The largest absolute Gasteiger partial charge is 0.449 e. The molecule has 3 aliphatic rings. The first-order valence-corrected chi connectivity index (χ1v) is 21.7. The first-order valence-electron chi connectivity index (χ1n) is 21.7. The van der Waals surface area contributed by atoms with Gasteiger partial charge in [-0.05, 0) is 90.3 Å². The number of carbonyl (C=O) groups excluding carboxylic acids is 6. The van der Waals surface area contributed by atoms with Gasteiger partial charge >= 0.3 is 12.2 Å². The minimum atomic E-state index is -0.588. The molecular weight excluding hydrogens is 797 g/mol. The molecule has 3 rings (SSSR count). The molecule has 0 aromatic rings. The molecule has 0 aromatic carbocycles. The Balaban J connectivity index is 0.000000681. The normalized spacial score (nSPS) is 28.3. The number of isocyanates is 4. The van der Waals surface area contributed by atoms with Crippen molar-refractivity contribution in [2.24, 2.45) is 63.3 Å². The minimum Gasteiger partial charge on any atom is -0.449 e. The van der Waals surface area contributed by atoms with Crippen LogP contribution in [-0.4, -0.2) is 111 Å². The van der Waals surface area contributed by atoms with Gasteiger partial charge in [-0.1, -0.05) is 90.0 Å². The zero-order valence-electron chi connectivity index (χ0n) is 40.0. The van der Waals surface area contributed by atoms with Gasteiger partial charge in [0.1, 0.15) is 13.2 Å². The fraction of sp³-hybridized carbons (Fsp3) is 0.870. The molecule has 6 unspecified atom stereocenters. The summed E-state index contributed by atoms with van der Waals surface area (Å²) in [7, 11) is 0. The summed E-state index contributed by atoms with van der Waals surface area (Å²) in [6, 6.07) is -0.197. The summed E-state index contributed by atoms with van der Waals surface area (Å²) in [5.41, 5.74) is -1.27. The standard InChI is InChI=1S/C29H48N4O6.C12H18N2O2.C5H12O2/c1-25(2)9-21(32-19-34)11-28(7,13-25)15-30-23(36)38-17-27(5,6)18-39-24(37)31-16-29(8)12-22(33-20-35)10-26(3,4)14-29;1-11(2)4-10(14-9-16)5-12(3,6-11)7-13-8-15;1-5(2,3-6)4-7/h21-22H,9-18H2,1-8H3,(H,30,36)(H,31,37);10H,4-7H2,1-3H3;6-7H,3-4H2,1-2H3. The van der Waals surface area contributed by atoms with Crippen LogP contribution in [0, 0.1) is 43.3 Å². The van der Waals surface area contributed by atoms with Gasteiger partial charge in [0.15, 0.2) is 0 Å². The summed E-state index contributed by atoms with van der Waals surface area (Å²) >= 11 is 0. The molecule has 0 aromatic heterocycles. The van der Waals surface area contributed by atoms with Crippen LogP contribution in [0.5, 0.6) is 0 Å². The van der Waals surface area contributed by atoms with Crippen LogP contribution >= 0.6 is 0 Å². The molecule has 6 atom stereocenters. The highest BCUT2D eigenvalue weighted by Crippen LogP contribution is 2.49. The lowest BCUT2D eigenvalue weighted by atomic mass is 9.62. The van der Waals surface area contributed by atoms with E-state index >= 15 is 0 Å². The van der Waals surface area contributed by atoms with Gasteiger partial charge < -0.3 is 30.3 Å². The summed E-state index contributed by atoms with van der Waals surface area (Å²) in [6.45, 7) is 28.0. The van der Waals surface area contributed by atoms with E-state index in [1.54, 1.807) is 38.2 Å². The molecule has 62 heavy (non-hydrogen) atoms. The third kappa shape index (κ3) is 21.9. The van der Waals surface area contributed by atoms with Crippen molar-refractivity contribution in [1.82, 2.24) is 10.6 Å². The number of amides is 2. The van der Waals surface area contributed by atoms with Crippen molar-refractivity contribution in [3.05, 3.63) is 0 Å². The van der Waals surface area contributed by atoms with Crippen molar-refractivity contribution in [2.75, 3.05) is 46.1 Å². The molecule has 16 heteroatoms. The molecule has 0 heterocycles. The summed E-state index contributed by atoms with van der Waals surface area (Å²) < 4.78 is 10.9. The van der Waals surface area contributed by atoms with Crippen molar-refractivity contribution in [3.63, 3.8) is 0 Å². The fourth-order valence-electron chi connectivity index (χ4n) is 10.1. The van der Waals surface area contributed by atoms with Crippen molar-refractivity contribution >= 4 is 36.5 Å². The zero-order chi connectivity index (χ0) is 47.7. The third-order valence-corrected chi connectivity index (χ3v) is 11.9. The molecule has 3 fully saturated rings. The first-order chi connectivity index (χ1) is 28.4. The summed E-state index contributed by atoms with van der Waals surface area (Å²) in [4.78, 5) is 82.4. The Bertz CT molecular complexity index is 1590. The van der Waals surface area contributed by atoms with E-state index in [4.69, 9.17) is 19.7 Å². The Morgan fingerprint density at radius 3 is 1.16 bits per heavy atom. The number of rotatable bonds is 15. The van der Waals surface area contributed by atoms with Crippen LogP contribution in [0.4, 0.5) is 9.59 Å². The topological polar surface area (TPSA) is 235 Å². The third-order valence-electron chi connectivity index (χ3n) is 11.9. The molecule has 0 saturated heterocycles. The Labute approximate surface area is 370 Å². The van der Waals surface area contributed by atoms with E-state index in [2.05, 4.69) is 92.9 Å². The Hall–Kier alpha value is -4.02. The summed E-state index contributed by atoms with van der Waals surface area (Å²) in [6.07, 6.45) is 13.0. The van der Waals surface area contributed by atoms with E-state index < -0.39 is 17.6 Å². The molecule has 4 N–H and O–H groups in total. The molecule has 0 bridgehead atoms. The highest BCUT2D eigenvalue weighted by atomic mass is 16.6. The van der Waals surface area contributed by atoms with E-state index in [9.17, 15) is 28.8 Å². The highest BCUT2D eigenvalue weighted by molar-refractivity contribution is 5.67. The van der Waals surface area contributed by atoms with Gasteiger partial charge in [0.2, 0.25) is 24.3 Å². The first kappa shape index (κ1) is 56.0. The second kappa shape index (κ2) is 23.6. The smallest absolute Gasteiger partial charge is 0.407 e. The van der Waals surface area contributed by atoms with Crippen molar-refractivity contribution < 1.29 is 48.5 Å². The van der Waals surface area contributed by atoms with Gasteiger partial charge in [-0.25, -0.2) is 48.7 Å². The monoisotopic (exact) mass is 875 g/mol. The van der Waals surface area contributed by atoms with Crippen LogP contribution < -0.4 is 10.6 Å². The molecular formula is C46H78N6O10. The average molecular weight is 875 g/mol. The molecule has 0 spiro atoms. The SMILES string of the molecule is CC(C)(CO)CO.CC(C)(COC(=O)NCC1(C)CC(N=C=O)CC(C)(C)C1)COC(=O)NCC1(C)CC(N=C=O)CC(C)(C)C1.CC1(C)CC(N=C=O)CC(C)(CN=C=O)C1. The number of nitrogens with zero attached hydrogens (tertiary/aromatic N) is 4. The minimum absolute atomic E-state index is 0.000723. The van der Waals surface area contributed by atoms with E-state index in [0.717, 1.165) is 44.9 Å². The summed E-state index contributed by atoms with van der Waals surface area (Å²) in [5, 5.41) is 22.6. The lowest BCUT2D eigenvalue weighted by Crippen LogP contribution is -2.45. The Morgan fingerprint density at radius 1 is 0.548 bits per heavy atom. The van der Waals surface area contributed by atoms with Crippen LogP contribution in [0.3, 0.4) is 0 Å². The van der Waals surface area contributed by atoms with Gasteiger partial charge in [0.25, 0.3) is 0 Å². The van der Waals surface area contributed by atoms with E-state index in [-0.39, 0.29) is 82.5 Å². The number of aliphatic hydroxyl groups is 2. The molecule has 3 saturated carbocycles. The second-order valence-electron chi connectivity index (χ2n) is 23.2. The number of nitrogens with one attached hydrogen (secondary N) is 2. The van der Waals surface area contributed by atoms with Crippen LogP contribution in [0.25, 0.3) is 0 Å². The Morgan fingerprint density at radius 2 is 0.871 bits per heavy atom. The van der Waals surface area contributed by atoms with Gasteiger partial charge in [-0.15, -0.1) is 0 Å². The Kier molecular flexibility index (Phi) is 21.3. The molecule has 0 radical (unpaired) electrons. The predicted octanol–water partition coefficient (Wildman–Crippen LogP) is 7.55. The molecule has 3 aliphatic carbocycles. The van der Waals surface area contributed by atoms with E-state index in [1.165, 1.54) is 0 Å². The number of alkyl carbamates (subject to hydrolysis) is 2. The lowest BCUT2D eigenvalue weighted by Gasteiger charge is -2.45. The van der Waals surface area contributed by atoms with Crippen LogP contribution in [0.2, 0.25) is 0 Å². The second-order valence-corrected chi connectivity index (χ2v) is 23.2. The number of ether oxygens (including phenoxy) is 2. The van der Waals surface area contributed by atoms with Gasteiger partial charge in [0.05, 0.1) is 37.9 Å². The zero-order valence-corrected chi connectivity index (χ0v) is 40.0. The number of hydrogen-bond acceptors (Lipinski definition) is 14. The summed E-state index contributed by atoms with van der Waals surface area (Å²) in [5.74, 6) is 0. The molecule has 352 valence electrons. The number of aliphatic hydroxyl groups excluding tert-OH is 2. The maximum absolute atomic E-state index is 12.4. The van der Waals surface area contributed by atoms with E-state index in [0.29, 0.717) is 32.5 Å². The molecule has 16 nitrogen and oxygen atoms in total. The lowest BCUT2D eigenvalue weighted by molar-refractivity contribution is 0.0381. The number of hydrogen-bond donors (Lipinski definition) is 4. The van der Waals surface area contributed by atoms with Crippen molar-refractivity contribution in [2.45, 2.75) is 166 Å². The number of carbonyl (C=O) groups is 2. The predicted molar refractivity (Wildman–Crippen MR) is 236 cm³/mol. The average Bonchev–Trinajstić information content (AvgIpc) is 3.12. The van der Waals surface area contributed by atoms with Crippen LogP contribution in [0.15, 0.2) is 20.0 Å².